The highest BCUT2D eigenvalue weighted by Gasteiger charge is 2.35. The Bertz CT molecular complexity index is 580. The minimum atomic E-state index is 0.121. The number of hydrogen-bond acceptors (Lipinski definition) is 4. The van der Waals surface area contributed by atoms with Crippen molar-refractivity contribution < 1.29 is 9.90 Å². The zero-order valence-corrected chi connectivity index (χ0v) is 16.3. The summed E-state index contributed by atoms with van der Waals surface area (Å²) in [5.41, 5.74) is 1.82. The second-order valence-corrected chi connectivity index (χ2v) is 7.82. The Morgan fingerprint density at radius 3 is 2.65 bits per heavy atom. The first kappa shape index (κ1) is 19.4. The summed E-state index contributed by atoms with van der Waals surface area (Å²) in [4.78, 5) is 23.2. The number of likely N-dealkylation sites (N-methyl/N-ethyl adjacent to an activating group) is 1. The highest BCUT2D eigenvalue weighted by Crippen LogP contribution is 2.28. The Morgan fingerprint density at radius 2 is 2.00 bits per heavy atom. The monoisotopic (exact) mass is 362 g/mol. The Hall–Kier alpha value is -1.37. The number of aliphatic hydroxyl groups is 1. The van der Waals surface area contributed by atoms with Crippen LogP contribution in [0, 0.1) is 5.92 Å². The van der Waals surface area contributed by atoms with Crippen molar-refractivity contribution in [3.8, 4) is 0 Å². The zero-order valence-electron chi connectivity index (χ0n) is 16.3. The molecule has 1 aromatic heterocycles. The normalized spacial score (nSPS) is 25.6. The van der Waals surface area contributed by atoms with Crippen LogP contribution >= 0.6 is 0 Å². The van der Waals surface area contributed by atoms with Gasteiger partial charge in [-0.25, -0.2) is 0 Å². The number of aryl methyl sites for hydroxylation is 1. The summed E-state index contributed by atoms with van der Waals surface area (Å²) in [5, 5.41) is 9.31. The summed E-state index contributed by atoms with van der Waals surface area (Å²) in [6, 6.07) is 4.46. The van der Waals surface area contributed by atoms with E-state index in [0.29, 0.717) is 17.7 Å². The van der Waals surface area contributed by atoms with E-state index in [1.165, 1.54) is 0 Å². The van der Waals surface area contributed by atoms with Crippen molar-refractivity contribution >= 4 is 5.91 Å². The second kappa shape index (κ2) is 9.02. The number of H-pyrrole nitrogens is 1. The average Bonchev–Trinajstić information content (AvgIpc) is 3.15. The largest absolute Gasteiger partial charge is 0.396 e. The molecule has 146 valence electrons. The Kier molecular flexibility index (Phi) is 6.73. The van der Waals surface area contributed by atoms with E-state index in [0.717, 1.165) is 70.6 Å². The molecule has 2 aliphatic heterocycles. The molecule has 2 N–H and O–H groups in total. The summed E-state index contributed by atoms with van der Waals surface area (Å²) in [6.07, 6.45) is 3.76. The summed E-state index contributed by atoms with van der Waals surface area (Å²) in [7, 11) is 2.18. The van der Waals surface area contributed by atoms with Gasteiger partial charge in [0, 0.05) is 57.6 Å². The number of likely N-dealkylation sites (tertiary alicyclic amines) is 1. The number of nitrogens with one attached hydrogen (secondary N) is 1. The van der Waals surface area contributed by atoms with Crippen LogP contribution in [-0.4, -0.2) is 89.7 Å². The van der Waals surface area contributed by atoms with Gasteiger partial charge >= 0.3 is 0 Å². The third-order valence-electron chi connectivity index (χ3n) is 6.08. The van der Waals surface area contributed by atoms with Gasteiger partial charge in [0.2, 0.25) is 0 Å². The van der Waals surface area contributed by atoms with E-state index in [1.807, 2.05) is 17.0 Å². The maximum atomic E-state index is 12.9. The molecule has 3 heterocycles. The quantitative estimate of drug-likeness (QED) is 0.804. The van der Waals surface area contributed by atoms with E-state index in [9.17, 15) is 9.90 Å². The Morgan fingerprint density at radius 1 is 1.23 bits per heavy atom. The van der Waals surface area contributed by atoms with Gasteiger partial charge in [0.1, 0.15) is 5.69 Å². The number of aliphatic hydroxyl groups excluding tert-OH is 1. The van der Waals surface area contributed by atoms with Crippen LogP contribution in [0.2, 0.25) is 0 Å². The molecule has 2 fully saturated rings. The van der Waals surface area contributed by atoms with Crippen LogP contribution in [0.5, 0.6) is 0 Å². The van der Waals surface area contributed by atoms with Gasteiger partial charge in [-0.15, -0.1) is 0 Å². The number of aromatic nitrogens is 1. The van der Waals surface area contributed by atoms with Crippen LogP contribution in [0.3, 0.4) is 0 Å². The highest BCUT2D eigenvalue weighted by molar-refractivity contribution is 5.92. The van der Waals surface area contributed by atoms with Crippen LogP contribution < -0.4 is 0 Å². The van der Waals surface area contributed by atoms with Gasteiger partial charge in [0.25, 0.3) is 5.91 Å². The number of aromatic amines is 1. The molecule has 2 saturated heterocycles. The zero-order chi connectivity index (χ0) is 18.5. The van der Waals surface area contributed by atoms with Crippen molar-refractivity contribution in [1.29, 1.82) is 0 Å². The molecule has 2 aliphatic rings. The number of rotatable bonds is 6. The number of piperazine rings is 1. The van der Waals surface area contributed by atoms with Crippen LogP contribution in [-0.2, 0) is 6.42 Å². The molecular formula is C20H34N4O2. The number of piperidine rings is 1. The molecule has 0 spiro atoms. The predicted molar refractivity (Wildman–Crippen MR) is 103 cm³/mol. The van der Waals surface area contributed by atoms with Crippen LogP contribution in [0.15, 0.2) is 12.1 Å². The molecule has 0 saturated carbocycles. The first-order valence-corrected chi connectivity index (χ1v) is 10.1. The summed E-state index contributed by atoms with van der Waals surface area (Å²) < 4.78 is 0. The lowest BCUT2D eigenvalue weighted by molar-refractivity contribution is 0.0215. The van der Waals surface area contributed by atoms with Crippen molar-refractivity contribution in [3.05, 3.63) is 23.5 Å². The maximum Gasteiger partial charge on any atom is 0.270 e. The van der Waals surface area contributed by atoms with E-state index < -0.39 is 0 Å². The molecule has 1 amide bonds. The van der Waals surface area contributed by atoms with Crippen molar-refractivity contribution in [2.45, 2.75) is 38.6 Å². The third kappa shape index (κ3) is 4.48. The van der Waals surface area contributed by atoms with E-state index in [-0.39, 0.29) is 12.5 Å². The average molecular weight is 363 g/mol. The van der Waals surface area contributed by atoms with Gasteiger partial charge in [-0.3, -0.25) is 9.69 Å². The van der Waals surface area contributed by atoms with E-state index in [4.69, 9.17) is 0 Å². The van der Waals surface area contributed by atoms with Crippen molar-refractivity contribution in [1.82, 2.24) is 19.7 Å². The minimum Gasteiger partial charge on any atom is -0.396 e. The SMILES string of the molecule is CCc1ccc(C(=O)N2CC[C@@H](N3CCN(C)CC3)[C@@H](CCCO)C2)[nH]1. The standard InChI is InChI=1S/C20H34N4O2/c1-3-17-6-7-18(21-17)20(26)24-9-8-19(16(15-24)5-4-14-25)23-12-10-22(2)11-13-23/h6-7,16,19,21,25H,3-5,8-15H2,1-2H3/t16-,19+/m0/s1. The molecule has 6 heteroatoms. The molecule has 0 aromatic carbocycles. The number of amides is 1. The van der Waals surface area contributed by atoms with Gasteiger partial charge in [-0.05, 0) is 50.8 Å². The van der Waals surface area contributed by atoms with Crippen LogP contribution in [0.25, 0.3) is 0 Å². The molecule has 0 radical (unpaired) electrons. The molecule has 1 aromatic rings. The van der Waals surface area contributed by atoms with E-state index >= 15 is 0 Å². The lowest BCUT2D eigenvalue weighted by Gasteiger charge is -2.46. The fraction of sp³-hybridized carbons (Fsp3) is 0.750. The number of carbonyl (C=O) groups excluding carboxylic acids is 1. The van der Waals surface area contributed by atoms with E-state index in [1.54, 1.807) is 0 Å². The first-order valence-electron chi connectivity index (χ1n) is 10.1. The minimum absolute atomic E-state index is 0.121. The van der Waals surface area contributed by atoms with Crippen molar-refractivity contribution in [2.75, 3.05) is 52.9 Å². The Labute approximate surface area is 157 Å². The van der Waals surface area contributed by atoms with Crippen LogP contribution in [0.4, 0.5) is 0 Å². The number of hydrogen-bond donors (Lipinski definition) is 2. The fourth-order valence-corrected chi connectivity index (χ4v) is 4.42. The van der Waals surface area contributed by atoms with Crippen molar-refractivity contribution in [3.63, 3.8) is 0 Å². The molecule has 26 heavy (non-hydrogen) atoms. The molecular weight excluding hydrogens is 328 g/mol. The smallest absolute Gasteiger partial charge is 0.270 e. The van der Waals surface area contributed by atoms with E-state index in [2.05, 4.69) is 28.8 Å². The highest BCUT2D eigenvalue weighted by atomic mass is 16.3. The molecule has 0 aliphatic carbocycles. The summed E-state index contributed by atoms with van der Waals surface area (Å²) in [5.74, 6) is 0.569. The molecule has 0 unspecified atom stereocenters. The number of carbonyl (C=O) groups is 1. The lowest BCUT2D eigenvalue weighted by atomic mass is 9.86. The second-order valence-electron chi connectivity index (χ2n) is 7.82. The Balaban J connectivity index is 1.65. The molecule has 6 nitrogen and oxygen atoms in total. The molecule has 3 rings (SSSR count). The molecule has 0 bridgehead atoms. The lowest BCUT2D eigenvalue weighted by Crippen LogP contribution is -2.57. The van der Waals surface area contributed by atoms with Gasteiger partial charge in [0.05, 0.1) is 0 Å². The maximum absolute atomic E-state index is 12.9. The molecule has 2 atom stereocenters. The van der Waals surface area contributed by atoms with Gasteiger partial charge in [-0.1, -0.05) is 6.92 Å². The summed E-state index contributed by atoms with van der Waals surface area (Å²) in [6.45, 7) is 8.41. The topological polar surface area (TPSA) is 62.8 Å². The van der Waals surface area contributed by atoms with Crippen molar-refractivity contribution in [2.24, 2.45) is 5.92 Å². The van der Waals surface area contributed by atoms with Crippen LogP contribution in [0.1, 0.15) is 42.4 Å². The van der Waals surface area contributed by atoms with Gasteiger partial charge in [-0.2, -0.15) is 0 Å². The first-order chi connectivity index (χ1) is 12.6. The fourth-order valence-electron chi connectivity index (χ4n) is 4.42. The number of nitrogens with zero attached hydrogens (tertiary/aromatic N) is 3. The predicted octanol–water partition coefficient (Wildman–Crippen LogP) is 1.43. The third-order valence-corrected chi connectivity index (χ3v) is 6.08. The van der Waals surface area contributed by atoms with Gasteiger partial charge < -0.3 is 19.9 Å². The summed E-state index contributed by atoms with van der Waals surface area (Å²) >= 11 is 0. The van der Waals surface area contributed by atoms with Gasteiger partial charge in [0.15, 0.2) is 0 Å².